The molecule has 0 spiro atoms. The average molecular weight is 531 g/mol. The summed E-state index contributed by atoms with van der Waals surface area (Å²) in [5.74, 6) is 1.67. The van der Waals surface area contributed by atoms with Crippen LogP contribution in [0.25, 0.3) is 0 Å². The molecule has 0 bridgehead atoms. The largest absolute Gasteiger partial charge is 0.354 e. The Bertz CT molecular complexity index is 728. The molecule has 9 nitrogen and oxygen atoms in total. The van der Waals surface area contributed by atoms with Crippen LogP contribution in [0.5, 0.6) is 0 Å². The van der Waals surface area contributed by atoms with Crippen LogP contribution in [-0.4, -0.2) is 80.2 Å². The summed E-state index contributed by atoms with van der Waals surface area (Å²) in [4.78, 5) is 13.3. The molecule has 2 N–H and O–H groups in total. The van der Waals surface area contributed by atoms with E-state index < -0.39 is 15.6 Å². The van der Waals surface area contributed by atoms with E-state index in [0.717, 1.165) is 49.5 Å². The minimum Gasteiger partial charge on any atom is -0.354 e. The molecule has 0 atom stereocenters. The quantitative estimate of drug-likeness (QED) is 0.317. The smallest absolute Gasteiger partial charge is 0.209 e. The molecule has 0 unspecified atom stereocenters. The number of aryl methyl sites for hydroxylation is 1. The highest BCUT2D eigenvalue weighted by molar-refractivity contribution is 14.0. The molecule has 0 saturated carbocycles. The number of guanidine groups is 1. The second kappa shape index (κ2) is 10.2. The summed E-state index contributed by atoms with van der Waals surface area (Å²) < 4.78 is 29.9. The van der Waals surface area contributed by atoms with E-state index in [-0.39, 0.29) is 24.0 Å². The topological polar surface area (TPSA) is 103 Å². The molecular formula is C15H30IN7O2S2. The van der Waals surface area contributed by atoms with Crippen LogP contribution in [0.3, 0.4) is 0 Å². The molecule has 12 heteroatoms. The van der Waals surface area contributed by atoms with Crippen LogP contribution in [0.15, 0.2) is 4.99 Å². The standard InChI is InChI=1S/C15H29N7O2S2.HI/c1-6-12-18-14(25-19-12)22-9-7-21(8-10-22)13(16-4)17-11-15(2,3)20-26(5,23)24;/h20H,6-11H2,1-5H3,(H,16,17);1H. The minimum absolute atomic E-state index is 0. The molecule has 1 aliphatic rings. The summed E-state index contributed by atoms with van der Waals surface area (Å²) in [5, 5.41) is 4.25. The van der Waals surface area contributed by atoms with Crippen molar-refractivity contribution in [2.24, 2.45) is 4.99 Å². The summed E-state index contributed by atoms with van der Waals surface area (Å²) in [6, 6.07) is 0. The van der Waals surface area contributed by atoms with Crippen molar-refractivity contribution in [3.05, 3.63) is 5.82 Å². The number of sulfonamides is 1. The van der Waals surface area contributed by atoms with E-state index in [9.17, 15) is 8.42 Å². The number of anilines is 1. The fraction of sp³-hybridized carbons (Fsp3) is 0.800. The molecule has 1 aromatic rings. The Morgan fingerprint density at radius 2 is 1.93 bits per heavy atom. The summed E-state index contributed by atoms with van der Waals surface area (Å²) in [7, 11) is -1.52. The van der Waals surface area contributed by atoms with Gasteiger partial charge in [-0.25, -0.2) is 18.1 Å². The monoisotopic (exact) mass is 531 g/mol. The van der Waals surface area contributed by atoms with E-state index >= 15 is 0 Å². The molecule has 0 radical (unpaired) electrons. The van der Waals surface area contributed by atoms with Gasteiger partial charge in [0.25, 0.3) is 0 Å². The second-order valence-electron chi connectivity index (χ2n) is 6.98. The van der Waals surface area contributed by atoms with Crippen molar-refractivity contribution in [1.29, 1.82) is 0 Å². The molecule has 27 heavy (non-hydrogen) atoms. The van der Waals surface area contributed by atoms with Crippen molar-refractivity contribution in [2.45, 2.75) is 32.7 Å². The SMILES string of the molecule is CCc1nsc(N2CCN(C(=NC)NCC(C)(C)NS(C)(=O)=O)CC2)n1.I. The number of rotatable bonds is 6. The predicted octanol–water partition coefficient (Wildman–Crippen LogP) is 0.744. The molecular weight excluding hydrogens is 501 g/mol. The van der Waals surface area contributed by atoms with Gasteiger partial charge in [-0.05, 0) is 13.8 Å². The third kappa shape index (κ3) is 7.66. The number of piperazine rings is 1. The highest BCUT2D eigenvalue weighted by Gasteiger charge is 2.25. The number of aromatic nitrogens is 2. The van der Waals surface area contributed by atoms with Crippen molar-refractivity contribution in [3.63, 3.8) is 0 Å². The zero-order chi connectivity index (χ0) is 19.4. The molecule has 0 aliphatic carbocycles. The number of hydrogen-bond acceptors (Lipinski definition) is 7. The van der Waals surface area contributed by atoms with Gasteiger partial charge in [-0.3, -0.25) is 4.99 Å². The van der Waals surface area contributed by atoms with Gasteiger partial charge in [-0.1, -0.05) is 6.92 Å². The lowest BCUT2D eigenvalue weighted by Gasteiger charge is -2.37. The van der Waals surface area contributed by atoms with E-state index in [2.05, 4.69) is 41.1 Å². The van der Waals surface area contributed by atoms with Crippen LogP contribution in [0, 0.1) is 0 Å². The Balaban J connectivity index is 0.00000364. The van der Waals surface area contributed by atoms with E-state index in [1.165, 1.54) is 17.8 Å². The summed E-state index contributed by atoms with van der Waals surface area (Å²) in [6.07, 6.45) is 2.02. The third-order valence-corrected chi connectivity index (χ3v) is 5.72. The van der Waals surface area contributed by atoms with E-state index in [4.69, 9.17) is 0 Å². The molecule has 0 amide bonds. The van der Waals surface area contributed by atoms with Gasteiger partial charge in [0.15, 0.2) is 5.96 Å². The van der Waals surface area contributed by atoms with Gasteiger partial charge in [0, 0.05) is 63.3 Å². The molecule has 1 aromatic heterocycles. The fourth-order valence-corrected chi connectivity index (χ4v) is 4.67. The van der Waals surface area contributed by atoms with Gasteiger partial charge < -0.3 is 15.1 Å². The maximum atomic E-state index is 11.5. The molecule has 1 fully saturated rings. The lowest BCUT2D eigenvalue weighted by molar-refractivity contribution is 0.362. The molecule has 156 valence electrons. The Morgan fingerprint density at radius 1 is 1.30 bits per heavy atom. The average Bonchev–Trinajstić information content (AvgIpc) is 3.03. The first-order valence-electron chi connectivity index (χ1n) is 8.65. The summed E-state index contributed by atoms with van der Waals surface area (Å²) in [5.41, 5.74) is -0.603. The van der Waals surface area contributed by atoms with Crippen LogP contribution in [0.4, 0.5) is 5.13 Å². The van der Waals surface area contributed by atoms with Crippen LogP contribution in [0.1, 0.15) is 26.6 Å². The van der Waals surface area contributed by atoms with Gasteiger partial charge in [0.2, 0.25) is 15.2 Å². The maximum absolute atomic E-state index is 11.5. The Hall–Kier alpha value is -0.730. The van der Waals surface area contributed by atoms with Crippen LogP contribution in [0.2, 0.25) is 0 Å². The Labute approximate surface area is 183 Å². The van der Waals surface area contributed by atoms with Crippen LogP contribution < -0.4 is 14.9 Å². The number of halogens is 1. The van der Waals surface area contributed by atoms with Crippen molar-refractivity contribution in [3.8, 4) is 0 Å². The molecule has 1 saturated heterocycles. The van der Waals surface area contributed by atoms with Crippen LogP contribution in [-0.2, 0) is 16.4 Å². The summed E-state index contributed by atoms with van der Waals surface area (Å²) in [6.45, 7) is 9.53. The zero-order valence-electron chi connectivity index (χ0n) is 16.5. The van der Waals surface area contributed by atoms with E-state index in [1.54, 1.807) is 7.05 Å². The van der Waals surface area contributed by atoms with Gasteiger partial charge in [0.1, 0.15) is 5.82 Å². The molecule has 0 aromatic carbocycles. The second-order valence-corrected chi connectivity index (χ2v) is 9.46. The third-order valence-electron chi connectivity index (χ3n) is 3.99. The highest BCUT2D eigenvalue weighted by Crippen LogP contribution is 2.19. The molecule has 1 aliphatic heterocycles. The van der Waals surface area contributed by atoms with Crippen molar-refractivity contribution < 1.29 is 8.42 Å². The fourth-order valence-electron chi connectivity index (χ4n) is 2.80. The van der Waals surface area contributed by atoms with E-state index in [1.807, 2.05) is 13.8 Å². The molecule has 2 rings (SSSR count). The predicted molar refractivity (Wildman–Crippen MR) is 122 cm³/mol. The normalized spacial score (nSPS) is 16.3. The van der Waals surface area contributed by atoms with Crippen molar-refractivity contribution in [1.82, 2.24) is 24.3 Å². The van der Waals surface area contributed by atoms with E-state index in [0.29, 0.717) is 6.54 Å². The van der Waals surface area contributed by atoms with Gasteiger partial charge in [-0.15, -0.1) is 24.0 Å². The first kappa shape index (κ1) is 24.3. The first-order valence-corrected chi connectivity index (χ1v) is 11.3. The Kier molecular flexibility index (Phi) is 9.15. The van der Waals surface area contributed by atoms with Gasteiger partial charge in [0.05, 0.1) is 6.26 Å². The van der Waals surface area contributed by atoms with Crippen LogP contribution >= 0.6 is 35.5 Å². The molecule has 2 heterocycles. The lowest BCUT2D eigenvalue weighted by atomic mass is 10.1. The zero-order valence-corrected chi connectivity index (χ0v) is 20.5. The lowest BCUT2D eigenvalue weighted by Crippen LogP contribution is -2.56. The minimum atomic E-state index is -3.26. The van der Waals surface area contributed by atoms with Gasteiger partial charge >= 0.3 is 0 Å². The number of nitrogens with zero attached hydrogens (tertiary/aromatic N) is 5. The van der Waals surface area contributed by atoms with Crippen molar-refractivity contribution >= 4 is 56.6 Å². The number of aliphatic imine (C=N–C) groups is 1. The number of nitrogens with one attached hydrogen (secondary N) is 2. The van der Waals surface area contributed by atoms with Gasteiger partial charge in [-0.2, -0.15) is 4.37 Å². The van der Waals surface area contributed by atoms with Crippen molar-refractivity contribution in [2.75, 3.05) is 50.9 Å². The number of hydrogen-bond donors (Lipinski definition) is 2. The summed E-state index contributed by atoms with van der Waals surface area (Å²) >= 11 is 1.45. The first-order chi connectivity index (χ1) is 12.1. The highest BCUT2D eigenvalue weighted by atomic mass is 127. The maximum Gasteiger partial charge on any atom is 0.209 e. The Morgan fingerprint density at radius 3 is 2.41 bits per heavy atom.